The zero-order valence-corrected chi connectivity index (χ0v) is 18.8. The standard InChI is InChI=1S/C24H28FN5O2/c1-24(2,3)32-23(31)29-11-9-28(10-12-29)21-7-6-16(15-26-21)17-13-20-19(14-18(17)25)27-22-5-4-8-30(20)22/h6-7,13-15H,4-5,8-12H2,1-3H3. The van der Waals surface area contributed by atoms with E-state index in [0.717, 1.165) is 42.1 Å². The summed E-state index contributed by atoms with van der Waals surface area (Å²) in [5.74, 6) is 1.58. The number of piperazine rings is 1. The average Bonchev–Trinajstić information content (AvgIpc) is 3.33. The number of aromatic nitrogens is 3. The molecule has 0 aliphatic carbocycles. The van der Waals surface area contributed by atoms with Crippen molar-refractivity contribution in [3.8, 4) is 11.1 Å². The molecule has 2 aromatic heterocycles. The number of halogens is 1. The van der Waals surface area contributed by atoms with E-state index in [1.54, 1.807) is 11.1 Å². The van der Waals surface area contributed by atoms with E-state index in [1.165, 1.54) is 6.07 Å². The number of carbonyl (C=O) groups excluding carboxylic acids is 1. The van der Waals surface area contributed by atoms with E-state index >= 15 is 0 Å². The Morgan fingerprint density at radius 1 is 1.09 bits per heavy atom. The average molecular weight is 438 g/mol. The van der Waals surface area contributed by atoms with Gasteiger partial charge in [0, 0.05) is 62.5 Å². The number of fused-ring (bicyclic) bond motifs is 3. The highest BCUT2D eigenvalue weighted by Crippen LogP contribution is 2.31. The van der Waals surface area contributed by atoms with Crippen molar-refractivity contribution in [1.82, 2.24) is 19.4 Å². The summed E-state index contributed by atoms with van der Waals surface area (Å²) in [5.41, 5.74) is 2.49. The van der Waals surface area contributed by atoms with Gasteiger partial charge in [-0.05, 0) is 45.4 Å². The molecule has 2 aliphatic rings. The Hall–Kier alpha value is -3.16. The highest BCUT2D eigenvalue weighted by atomic mass is 19.1. The van der Waals surface area contributed by atoms with Gasteiger partial charge in [-0.25, -0.2) is 19.2 Å². The number of ether oxygens (including phenoxy) is 1. The van der Waals surface area contributed by atoms with E-state index < -0.39 is 5.60 Å². The molecule has 3 aromatic rings. The van der Waals surface area contributed by atoms with Gasteiger partial charge < -0.3 is 19.1 Å². The maximum Gasteiger partial charge on any atom is 0.410 e. The van der Waals surface area contributed by atoms with Gasteiger partial charge in [0.25, 0.3) is 0 Å². The molecule has 0 atom stereocenters. The molecule has 2 aliphatic heterocycles. The van der Waals surface area contributed by atoms with Crippen LogP contribution >= 0.6 is 0 Å². The lowest BCUT2D eigenvalue weighted by atomic mass is 10.1. The first kappa shape index (κ1) is 20.7. The number of nitrogens with zero attached hydrogens (tertiary/aromatic N) is 5. The van der Waals surface area contributed by atoms with Gasteiger partial charge in [0.1, 0.15) is 23.1 Å². The summed E-state index contributed by atoms with van der Waals surface area (Å²) < 4.78 is 22.5. The number of rotatable bonds is 2. The number of benzene rings is 1. The van der Waals surface area contributed by atoms with E-state index in [1.807, 2.05) is 39.0 Å². The molecule has 0 N–H and O–H groups in total. The van der Waals surface area contributed by atoms with Gasteiger partial charge >= 0.3 is 6.09 Å². The highest BCUT2D eigenvalue weighted by molar-refractivity contribution is 5.83. The van der Waals surface area contributed by atoms with Crippen molar-refractivity contribution in [3.63, 3.8) is 0 Å². The first-order chi connectivity index (χ1) is 15.3. The third kappa shape index (κ3) is 3.89. The van der Waals surface area contributed by atoms with Gasteiger partial charge in [0.05, 0.1) is 11.0 Å². The number of imidazole rings is 1. The molecular formula is C24H28FN5O2. The fraction of sp³-hybridized carbons (Fsp3) is 0.458. The Bertz CT molecular complexity index is 1160. The number of hydrogen-bond acceptors (Lipinski definition) is 5. The van der Waals surface area contributed by atoms with Crippen LogP contribution in [0.15, 0.2) is 30.5 Å². The van der Waals surface area contributed by atoms with Gasteiger partial charge in [-0.15, -0.1) is 0 Å². The minimum atomic E-state index is -0.499. The lowest BCUT2D eigenvalue weighted by Gasteiger charge is -2.36. The molecule has 0 spiro atoms. The van der Waals surface area contributed by atoms with Crippen molar-refractivity contribution >= 4 is 22.9 Å². The van der Waals surface area contributed by atoms with E-state index in [2.05, 4.69) is 19.4 Å². The van der Waals surface area contributed by atoms with Gasteiger partial charge in [-0.1, -0.05) is 0 Å². The molecule has 1 aromatic carbocycles. The molecule has 8 heteroatoms. The fourth-order valence-electron chi connectivity index (χ4n) is 4.43. The van der Waals surface area contributed by atoms with Crippen molar-refractivity contribution < 1.29 is 13.9 Å². The van der Waals surface area contributed by atoms with Crippen LogP contribution in [-0.4, -0.2) is 57.3 Å². The van der Waals surface area contributed by atoms with Crippen LogP contribution in [-0.2, 0) is 17.7 Å². The second-order valence-corrected chi connectivity index (χ2v) is 9.46. The third-order valence-electron chi connectivity index (χ3n) is 6.01. The summed E-state index contributed by atoms with van der Waals surface area (Å²) in [6.45, 7) is 9.05. The molecule has 7 nitrogen and oxygen atoms in total. The van der Waals surface area contributed by atoms with Crippen LogP contribution in [0.3, 0.4) is 0 Å². The Morgan fingerprint density at radius 3 is 2.56 bits per heavy atom. The summed E-state index contributed by atoms with van der Waals surface area (Å²) in [6, 6.07) is 7.25. The minimum absolute atomic E-state index is 0.280. The predicted octanol–water partition coefficient (Wildman–Crippen LogP) is 4.24. The first-order valence-electron chi connectivity index (χ1n) is 11.2. The Labute approximate surface area is 186 Å². The summed E-state index contributed by atoms with van der Waals surface area (Å²) in [4.78, 5) is 25.3. The molecule has 1 fully saturated rings. The maximum atomic E-state index is 14.8. The van der Waals surface area contributed by atoms with Gasteiger partial charge in [-0.2, -0.15) is 0 Å². The van der Waals surface area contributed by atoms with Crippen molar-refractivity contribution in [2.45, 2.75) is 45.8 Å². The van der Waals surface area contributed by atoms with Gasteiger partial charge in [-0.3, -0.25) is 0 Å². The molecule has 32 heavy (non-hydrogen) atoms. The highest BCUT2D eigenvalue weighted by Gasteiger charge is 2.26. The maximum absolute atomic E-state index is 14.8. The first-order valence-corrected chi connectivity index (χ1v) is 11.2. The summed E-state index contributed by atoms with van der Waals surface area (Å²) in [7, 11) is 0. The zero-order chi connectivity index (χ0) is 22.5. The molecule has 5 rings (SSSR count). The number of carbonyl (C=O) groups is 1. The van der Waals surface area contributed by atoms with Crippen LogP contribution in [0.2, 0.25) is 0 Å². The van der Waals surface area contributed by atoms with Crippen LogP contribution < -0.4 is 4.90 Å². The number of anilines is 1. The molecule has 1 amide bonds. The summed E-state index contributed by atoms with van der Waals surface area (Å²) in [6.07, 6.45) is 3.48. The molecule has 168 valence electrons. The third-order valence-corrected chi connectivity index (χ3v) is 6.01. The van der Waals surface area contributed by atoms with Crippen molar-refractivity contribution in [2.75, 3.05) is 31.1 Å². The van der Waals surface area contributed by atoms with Gasteiger partial charge in [0.15, 0.2) is 0 Å². The molecular weight excluding hydrogens is 409 g/mol. The van der Waals surface area contributed by atoms with Crippen LogP contribution in [0, 0.1) is 5.82 Å². The number of amides is 1. The van der Waals surface area contributed by atoms with E-state index in [9.17, 15) is 9.18 Å². The smallest absolute Gasteiger partial charge is 0.410 e. The second-order valence-electron chi connectivity index (χ2n) is 9.46. The lowest BCUT2D eigenvalue weighted by molar-refractivity contribution is 0.0240. The van der Waals surface area contributed by atoms with Gasteiger partial charge in [0.2, 0.25) is 0 Å². The monoisotopic (exact) mass is 437 g/mol. The summed E-state index contributed by atoms with van der Waals surface area (Å²) >= 11 is 0. The quantitative estimate of drug-likeness (QED) is 0.600. The Kier molecular flexibility index (Phi) is 5.03. The topological polar surface area (TPSA) is 63.5 Å². The molecule has 1 saturated heterocycles. The van der Waals surface area contributed by atoms with Crippen LogP contribution in [0.1, 0.15) is 33.0 Å². The SMILES string of the molecule is CC(C)(C)OC(=O)N1CCN(c2ccc(-c3cc4c(cc3F)nc3n4CCC3)cn2)CC1. The number of pyridine rings is 1. The number of aryl methyl sites for hydroxylation is 2. The van der Waals surface area contributed by atoms with Crippen molar-refractivity contribution in [2.24, 2.45) is 0 Å². The molecule has 0 bridgehead atoms. The molecule has 0 saturated carbocycles. The van der Waals surface area contributed by atoms with E-state index in [4.69, 9.17) is 4.74 Å². The normalized spacial score (nSPS) is 16.5. The molecule has 0 unspecified atom stereocenters. The van der Waals surface area contributed by atoms with Crippen molar-refractivity contribution in [3.05, 3.63) is 42.1 Å². The second kappa shape index (κ2) is 7.76. The van der Waals surface area contributed by atoms with Crippen LogP contribution in [0.4, 0.5) is 15.0 Å². The van der Waals surface area contributed by atoms with E-state index in [0.29, 0.717) is 37.3 Å². The molecule has 4 heterocycles. The largest absolute Gasteiger partial charge is 0.444 e. The zero-order valence-electron chi connectivity index (χ0n) is 18.8. The lowest BCUT2D eigenvalue weighted by Crippen LogP contribution is -2.50. The number of hydrogen-bond donors (Lipinski definition) is 0. The van der Waals surface area contributed by atoms with Crippen LogP contribution in [0.25, 0.3) is 22.2 Å². The summed E-state index contributed by atoms with van der Waals surface area (Å²) in [5, 5.41) is 0. The van der Waals surface area contributed by atoms with Crippen molar-refractivity contribution in [1.29, 1.82) is 0 Å². The minimum Gasteiger partial charge on any atom is -0.444 e. The fourth-order valence-corrected chi connectivity index (χ4v) is 4.43. The Morgan fingerprint density at radius 2 is 1.88 bits per heavy atom. The predicted molar refractivity (Wildman–Crippen MR) is 121 cm³/mol. The Balaban J connectivity index is 1.30. The van der Waals surface area contributed by atoms with E-state index in [-0.39, 0.29) is 11.9 Å². The molecule has 0 radical (unpaired) electrons. The van der Waals surface area contributed by atoms with Crippen LogP contribution in [0.5, 0.6) is 0 Å².